The average molecular weight is 323 g/mol. The largest absolute Gasteiger partial charge is 0.395 e. The average Bonchev–Trinajstić information content (AvgIpc) is 2.86. The molecule has 118 valence electrons. The maximum absolute atomic E-state index is 9.27. The predicted molar refractivity (Wildman–Crippen MR) is 96.6 cm³/mol. The minimum absolute atomic E-state index is 0.244. The lowest BCUT2D eigenvalue weighted by molar-refractivity contribution is 0.203. The molecule has 3 heteroatoms. The fraction of sp³-hybridized carbons (Fsp3) is 0.300. The van der Waals surface area contributed by atoms with Crippen LogP contribution in [0.1, 0.15) is 24.0 Å². The van der Waals surface area contributed by atoms with Gasteiger partial charge in [0, 0.05) is 29.4 Å². The summed E-state index contributed by atoms with van der Waals surface area (Å²) in [7, 11) is 0. The molecule has 0 fully saturated rings. The first-order valence-electron chi connectivity index (χ1n) is 8.28. The van der Waals surface area contributed by atoms with Gasteiger partial charge in [0.25, 0.3) is 0 Å². The number of β-amino-alcohol motifs (C(OH)–C–C–N with tert-alkyl or cyclic N) is 1. The summed E-state index contributed by atoms with van der Waals surface area (Å²) in [5, 5.41) is 9.27. The Kier molecular flexibility index (Phi) is 4.25. The van der Waals surface area contributed by atoms with Gasteiger partial charge in [-0.3, -0.25) is 0 Å². The van der Waals surface area contributed by atoms with Crippen LogP contribution < -0.4 is 0 Å². The number of rotatable bonds is 2. The fourth-order valence-electron chi connectivity index (χ4n) is 3.64. The molecule has 0 spiro atoms. The van der Waals surface area contributed by atoms with Crippen LogP contribution in [0.15, 0.2) is 58.3 Å². The smallest absolute Gasteiger partial charge is 0.0558 e. The Balaban J connectivity index is 1.84. The molecule has 0 amide bonds. The van der Waals surface area contributed by atoms with E-state index in [4.69, 9.17) is 0 Å². The zero-order valence-electron chi connectivity index (χ0n) is 13.2. The van der Waals surface area contributed by atoms with E-state index in [9.17, 15) is 5.11 Å². The van der Waals surface area contributed by atoms with Gasteiger partial charge in [-0.05, 0) is 47.2 Å². The molecular weight excluding hydrogens is 302 g/mol. The SMILES string of the molecule is OCCN1CCC2=C(CC1)c1ccccc1Sc1ccccc12. The summed E-state index contributed by atoms with van der Waals surface area (Å²) in [4.78, 5) is 5.11. The summed E-state index contributed by atoms with van der Waals surface area (Å²) in [6.45, 7) is 3.08. The molecule has 0 bridgehead atoms. The highest BCUT2D eigenvalue weighted by Crippen LogP contribution is 2.46. The summed E-state index contributed by atoms with van der Waals surface area (Å²) in [5.74, 6) is 0. The van der Waals surface area contributed by atoms with Crippen LogP contribution in [-0.4, -0.2) is 36.2 Å². The fourth-order valence-corrected chi connectivity index (χ4v) is 4.77. The quantitative estimate of drug-likeness (QED) is 0.898. The Morgan fingerprint density at radius 2 is 1.35 bits per heavy atom. The first-order chi connectivity index (χ1) is 11.4. The van der Waals surface area contributed by atoms with Crippen molar-refractivity contribution in [1.82, 2.24) is 4.90 Å². The number of fused-ring (bicyclic) bond motifs is 4. The second-order valence-electron chi connectivity index (χ2n) is 6.12. The van der Waals surface area contributed by atoms with Gasteiger partial charge >= 0.3 is 0 Å². The van der Waals surface area contributed by atoms with Crippen LogP contribution >= 0.6 is 11.8 Å². The molecule has 1 N–H and O–H groups in total. The number of aliphatic hydroxyl groups excluding tert-OH is 1. The highest BCUT2D eigenvalue weighted by Gasteiger charge is 2.24. The molecule has 2 heterocycles. The standard InChI is InChI=1S/C20H21NOS/c22-14-13-21-11-9-15-16(10-12-21)18-6-2-4-8-20(18)23-19-7-3-1-5-17(15)19/h1-8,22H,9-14H2. The molecule has 0 unspecified atom stereocenters. The van der Waals surface area contributed by atoms with Crippen molar-refractivity contribution in [3.05, 3.63) is 59.7 Å². The van der Waals surface area contributed by atoms with Gasteiger partial charge in [0.05, 0.1) is 6.61 Å². The van der Waals surface area contributed by atoms with Crippen LogP contribution in [-0.2, 0) is 0 Å². The molecule has 2 aliphatic rings. The van der Waals surface area contributed by atoms with Crippen molar-refractivity contribution in [2.45, 2.75) is 22.6 Å². The van der Waals surface area contributed by atoms with E-state index in [-0.39, 0.29) is 6.61 Å². The Labute approximate surface area is 141 Å². The number of nitrogens with zero attached hydrogens (tertiary/aromatic N) is 1. The van der Waals surface area contributed by atoms with Crippen LogP contribution in [0.5, 0.6) is 0 Å². The van der Waals surface area contributed by atoms with Gasteiger partial charge in [0.2, 0.25) is 0 Å². The lowest BCUT2D eigenvalue weighted by atomic mass is 9.91. The van der Waals surface area contributed by atoms with Gasteiger partial charge in [-0.1, -0.05) is 48.2 Å². The summed E-state index contributed by atoms with van der Waals surface area (Å²) in [6.07, 6.45) is 2.11. The molecule has 23 heavy (non-hydrogen) atoms. The first kappa shape index (κ1) is 15.0. The van der Waals surface area contributed by atoms with E-state index in [1.54, 1.807) is 0 Å². The molecule has 4 rings (SSSR count). The van der Waals surface area contributed by atoms with Crippen molar-refractivity contribution >= 4 is 22.9 Å². The van der Waals surface area contributed by atoms with Gasteiger partial charge in [-0.25, -0.2) is 0 Å². The summed E-state index contributed by atoms with van der Waals surface area (Å²) >= 11 is 1.89. The monoisotopic (exact) mass is 323 g/mol. The Hall–Kier alpha value is -1.55. The third-order valence-corrected chi connectivity index (χ3v) is 5.93. The zero-order chi connectivity index (χ0) is 15.6. The normalized spacial score (nSPS) is 17.8. The van der Waals surface area contributed by atoms with E-state index in [0.717, 1.165) is 32.5 Å². The minimum Gasteiger partial charge on any atom is -0.395 e. The predicted octanol–water partition coefficient (Wildman–Crippen LogP) is 4.15. The van der Waals surface area contributed by atoms with Crippen LogP contribution in [0.2, 0.25) is 0 Å². The Morgan fingerprint density at radius 3 is 1.87 bits per heavy atom. The van der Waals surface area contributed by atoms with Crippen molar-refractivity contribution in [1.29, 1.82) is 0 Å². The summed E-state index contributed by atoms with van der Waals surface area (Å²) in [5.41, 5.74) is 5.79. The van der Waals surface area contributed by atoms with Gasteiger partial charge in [-0.15, -0.1) is 0 Å². The van der Waals surface area contributed by atoms with E-state index >= 15 is 0 Å². The van der Waals surface area contributed by atoms with E-state index in [2.05, 4.69) is 53.4 Å². The van der Waals surface area contributed by atoms with Crippen molar-refractivity contribution < 1.29 is 5.11 Å². The Morgan fingerprint density at radius 1 is 0.826 bits per heavy atom. The molecule has 2 aliphatic heterocycles. The molecule has 2 nitrogen and oxygen atoms in total. The van der Waals surface area contributed by atoms with E-state index in [1.165, 1.54) is 32.1 Å². The number of hydrogen-bond acceptors (Lipinski definition) is 3. The van der Waals surface area contributed by atoms with Crippen LogP contribution in [0.3, 0.4) is 0 Å². The number of aliphatic hydroxyl groups is 1. The molecule has 0 radical (unpaired) electrons. The molecule has 2 aromatic rings. The number of benzene rings is 2. The summed E-state index contributed by atoms with van der Waals surface area (Å²) in [6, 6.07) is 17.6. The first-order valence-corrected chi connectivity index (χ1v) is 9.10. The maximum atomic E-state index is 9.27. The van der Waals surface area contributed by atoms with E-state index in [0.29, 0.717) is 0 Å². The third-order valence-electron chi connectivity index (χ3n) is 4.78. The second-order valence-corrected chi connectivity index (χ2v) is 7.20. The lowest BCUT2D eigenvalue weighted by Crippen LogP contribution is -2.28. The van der Waals surface area contributed by atoms with Crippen molar-refractivity contribution in [3.63, 3.8) is 0 Å². The summed E-state index contributed by atoms with van der Waals surface area (Å²) < 4.78 is 0. The Bertz CT molecular complexity index is 693. The lowest BCUT2D eigenvalue weighted by Gasteiger charge is -2.19. The highest BCUT2D eigenvalue weighted by atomic mass is 32.2. The van der Waals surface area contributed by atoms with Crippen LogP contribution in [0, 0.1) is 0 Å². The molecule has 2 aromatic carbocycles. The molecule has 0 atom stereocenters. The van der Waals surface area contributed by atoms with Gasteiger partial charge in [0.1, 0.15) is 0 Å². The van der Waals surface area contributed by atoms with Crippen LogP contribution in [0.25, 0.3) is 11.1 Å². The van der Waals surface area contributed by atoms with Crippen molar-refractivity contribution in [2.75, 3.05) is 26.2 Å². The van der Waals surface area contributed by atoms with E-state index < -0.39 is 0 Å². The molecule has 0 aromatic heterocycles. The van der Waals surface area contributed by atoms with Gasteiger partial charge < -0.3 is 10.0 Å². The van der Waals surface area contributed by atoms with Crippen molar-refractivity contribution in [3.8, 4) is 0 Å². The molecule has 0 aliphatic carbocycles. The minimum atomic E-state index is 0.244. The van der Waals surface area contributed by atoms with Crippen molar-refractivity contribution in [2.24, 2.45) is 0 Å². The molecular formula is C20H21NOS. The highest BCUT2D eigenvalue weighted by molar-refractivity contribution is 7.99. The van der Waals surface area contributed by atoms with Gasteiger partial charge in [-0.2, -0.15) is 0 Å². The number of hydrogen-bond donors (Lipinski definition) is 1. The van der Waals surface area contributed by atoms with Gasteiger partial charge in [0.15, 0.2) is 0 Å². The zero-order valence-corrected chi connectivity index (χ0v) is 14.0. The molecule has 0 saturated carbocycles. The molecule has 0 saturated heterocycles. The van der Waals surface area contributed by atoms with Crippen LogP contribution in [0.4, 0.5) is 0 Å². The second kappa shape index (κ2) is 6.52. The topological polar surface area (TPSA) is 23.5 Å². The van der Waals surface area contributed by atoms with E-state index in [1.807, 2.05) is 11.8 Å². The maximum Gasteiger partial charge on any atom is 0.0558 e. The third kappa shape index (κ3) is 2.85.